The highest BCUT2D eigenvalue weighted by atomic mass is 32.2. The van der Waals surface area contributed by atoms with E-state index in [0.717, 1.165) is 5.69 Å². The second-order valence-corrected chi connectivity index (χ2v) is 12.0. The van der Waals surface area contributed by atoms with Crippen molar-refractivity contribution in [2.75, 3.05) is 62.4 Å². The number of pyridine rings is 1. The minimum absolute atomic E-state index is 0.0367. The summed E-state index contributed by atoms with van der Waals surface area (Å²) < 4.78 is 31.2. The molecular formula is C30H39N7O5S. The summed E-state index contributed by atoms with van der Waals surface area (Å²) in [7, 11) is -3.55. The van der Waals surface area contributed by atoms with Crippen LogP contribution in [0.15, 0.2) is 69.7 Å². The summed E-state index contributed by atoms with van der Waals surface area (Å²) in [5.74, 6) is 0.660. The zero-order valence-corrected chi connectivity index (χ0v) is 25.5. The molecule has 230 valence electrons. The molecule has 0 atom stereocenters. The maximum Gasteiger partial charge on any atom is 0.179 e. The van der Waals surface area contributed by atoms with Crippen LogP contribution in [0.25, 0.3) is 0 Å². The van der Waals surface area contributed by atoms with Crippen LogP contribution in [0.3, 0.4) is 0 Å². The summed E-state index contributed by atoms with van der Waals surface area (Å²) in [5.41, 5.74) is 2.40. The Bertz CT molecular complexity index is 1490. The van der Waals surface area contributed by atoms with Crippen molar-refractivity contribution >= 4 is 38.5 Å². The predicted octanol–water partition coefficient (Wildman–Crippen LogP) is 4.32. The third-order valence-corrected chi connectivity index (χ3v) is 8.27. The number of nitriles is 1. The van der Waals surface area contributed by atoms with E-state index in [1.54, 1.807) is 19.1 Å². The lowest BCUT2D eigenvalue weighted by Crippen LogP contribution is -2.37. The molecular weight excluding hydrogens is 570 g/mol. The van der Waals surface area contributed by atoms with Crippen LogP contribution in [0.5, 0.6) is 0 Å². The van der Waals surface area contributed by atoms with E-state index in [1.165, 1.54) is 12.1 Å². The minimum Gasteiger partial charge on any atom is -0.395 e. The van der Waals surface area contributed by atoms with Crippen LogP contribution in [0, 0.1) is 18.3 Å². The molecule has 0 aliphatic rings. The van der Waals surface area contributed by atoms with E-state index in [4.69, 9.17) is 9.84 Å². The molecule has 3 rings (SSSR count). The van der Waals surface area contributed by atoms with Crippen molar-refractivity contribution < 1.29 is 23.4 Å². The smallest absolute Gasteiger partial charge is 0.179 e. The van der Waals surface area contributed by atoms with Gasteiger partial charge in [-0.3, -0.25) is 4.90 Å². The topological polar surface area (TPSA) is 173 Å². The normalized spacial score (nSPS) is 11.8. The van der Waals surface area contributed by atoms with Gasteiger partial charge < -0.3 is 25.6 Å². The van der Waals surface area contributed by atoms with Gasteiger partial charge in [-0.25, -0.2) is 13.4 Å². The standard InChI is InChI=1S/C30H39N7O5S/c1-22(2)37(14-16-38)15-20-43(40,41)26-11-9-25(10-12-26)35-36-28-23(3)27(21-31)29(32-13-18-42-19-17-39)34-30(28)33-24-7-5-4-6-8-24/h4-12,22,38-39H,13-20H2,1-3H3,(H2,32,33,34)/b36-35+. The quantitative estimate of drug-likeness (QED) is 0.128. The van der Waals surface area contributed by atoms with Crippen molar-refractivity contribution in [3.63, 3.8) is 0 Å². The fourth-order valence-corrected chi connectivity index (χ4v) is 5.44. The number of sulfone groups is 1. The fourth-order valence-electron chi connectivity index (χ4n) is 4.17. The molecule has 43 heavy (non-hydrogen) atoms. The molecule has 0 bridgehead atoms. The van der Waals surface area contributed by atoms with E-state index in [9.17, 15) is 18.8 Å². The third-order valence-electron chi connectivity index (χ3n) is 6.56. The first-order valence-electron chi connectivity index (χ1n) is 14.0. The van der Waals surface area contributed by atoms with Crippen LogP contribution in [0.4, 0.5) is 28.7 Å². The summed E-state index contributed by atoms with van der Waals surface area (Å²) in [4.78, 5) is 6.72. The van der Waals surface area contributed by atoms with Gasteiger partial charge >= 0.3 is 0 Å². The fraction of sp³-hybridized carbons (Fsp3) is 0.400. The van der Waals surface area contributed by atoms with Crippen LogP contribution in [0.2, 0.25) is 0 Å². The summed E-state index contributed by atoms with van der Waals surface area (Å²) >= 11 is 0. The number of hydrogen-bond donors (Lipinski definition) is 4. The highest BCUT2D eigenvalue weighted by Crippen LogP contribution is 2.36. The first kappa shape index (κ1) is 33.6. The number of nitrogens with one attached hydrogen (secondary N) is 2. The molecule has 13 heteroatoms. The van der Waals surface area contributed by atoms with Crippen LogP contribution in [-0.2, 0) is 14.6 Å². The summed E-state index contributed by atoms with van der Waals surface area (Å²) in [5, 5.41) is 43.2. The average molecular weight is 610 g/mol. The molecule has 0 radical (unpaired) electrons. The minimum atomic E-state index is -3.55. The molecule has 3 aromatic rings. The van der Waals surface area contributed by atoms with Gasteiger partial charge in [-0.2, -0.15) is 10.4 Å². The van der Waals surface area contributed by atoms with Crippen LogP contribution in [-0.4, -0.2) is 86.4 Å². The maximum atomic E-state index is 12.9. The van der Waals surface area contributed by atoms with Crippen molar-refractivity contribution in [1.82, 2.24) is 9.88 Å². The van der Waals surface area contributed by atoms with Gasteiger partial charge in [0, 0.05) is 36.9 Å². The van der Waals surface area contributed by atoms with Gasteiger partial charge in [-0.1, -0.05) is 18.2 Å². The molecule has 0 saturated carbocycles. The first-order valence-corrected chi connectivity index (χ1v) is 15.6. The zero-order chi connectivity index (χ0) is 31.2. The number of rotatable bonds is 17. The van der Waals surface area contributed by atoms with Crippen molar-refractivity contribution in [2.45, 2.75) is 31.7 Å². The number of nitrogens with zero attached hydrogens (tertiary/aromatic N) is 5. The Kier molecular flexibility index (Phi) is 13.0. The van der Waals surface area contributed by atoms with Gasteiger partial charge in [0.25, 0.3) is 0 Å². The van der Waals surface area contributed by atoms with E-state index in [0.29, 0.717) is 60.4 Å². The maximum absolute atomic E-state index is 12.9. The van der Waals surface area contributed by atoms with E-state index >= 15 is 0 Å². The Balaban J connectivity index is 1.87. The number of aromatic nitrogens is 1. The van der Waals surface area contributed by atoms with Crippen molar-refractivity contribution in [2.24, 2.45) is 10.2 Å². The molecule has 0 fully saturated rings. The van der Waals surface area contributed by atoms with E-state index in [1.807, 2.05) is 49.1 Å². The number of azo groups is 1. The Hall–Kier alpha value is -3.93. The monoisotopic (exact) mass is 609 g/mol. The van der Waals surface area contributed by atoms with Crippen LogP contribution >= 0.6 is 0 Å². The SMILES string of the molecule is Cc1c(C#N)c(NCCOCCO)nc(Nc2ccccc2)c1/N=N/c1ccc(S(=O)(=O)CCN(CCO)C(C)C)cc1. The highest BCUT2D eigenvalue weighted by Gasteiger charge is 2.19. The van der Waals surface area contributed by atoms with Crippen molar-refractivity contribution in [1.29, 1.82) is 5.26 Å². The van der Waals surface area contributed by atoms with Crippen molar-refractivity contribution in [3.05, 3.63) is 65.7 Å². The van der Waals surface area contributed by atoms with Crippen molar-refractivity contribution in [3.8, 4) is 6.07 Å². The molecule has 0 unspecified atom stereocenters. The number of ether oxygens (including phenoxy) is 1. The molecule has 1 heterocycles. The molecule has 0 amide bonds. The third kappa shape index (κ3) is 9.81. The van der Waals surface area contributed by atoms with Gasteiger partial charge in [0.15, 0.2) is 15.7 Å². The van der Waals surface area contributed by atoms with Gasteiger partial charge in [0.05, 0.1) is 48.3 Å². The lowest BCUT2D eigenvalue weighted by Gasteiger charge is -2.25. The second-order valence-electron chi connectivity index (χ2n) is 9.89. The number of benzene rings is 2. The molecule has 0 spiro atoms. The summed E-state index contributed by atoms with van der Waals surface area (Å²) in [6.07, 6.45) is 0. The average Bonchev–Trinajstić information content (AvgIpc) is 2.99. The molecule has 0 aliphatic heterocycles. The molecule has 12 nitrogen and oxygen atoms in total. The van der Waals surface area contributed by atoms with E-state index in [-0.39, 0.29) is 36.5 Å². The van der Waals surface area contributed by atoms with E-state index < -0.39 is 9.84 Å². The number of aliphatic hydroxyl groups excluding tert-OH is 2. The molecule has 0 aliphatic carbocycles. The van der Waals surface area contributed by atoms with Gasteiger partial charge in [-0.15, -0.1) is 5.11 Å². The highest BCUT2D eigenvalue weighted by molar-refractivity contribution is 7.91. The molecule has 1 aromatic heterocycles. The first-order chi connectivity index (χ1) is 20.7. The number of para-hydroxylation sites is 1. The molecule has 4 N–H and O–H groups in total. The van der Waals surface area contributed by atoms with Gasteiger partial charge in [-0.05, 0) is 57.2 Å². The Morgan fingerprint density at radius 1 is 1.00 bits per heavy atom. The van der Waals surface area contributed by atoms with Crippen LogP contribution in [0.1, 0.15) is 25.0 Å². The number of anilines is 3. The lowest BCUT2D eigenvalue weighted by atomic mass is 10.1. The summed E-state index contributed by atoms with van der Waals surface area (Å²) in [6, 6.07) is 17.8. The van der Waals surface area contributed by atoms with Crippen LogP contribution < -0.4 is 10.6 Å². The zero-order valence-electron chi connectivity index (χ0n) is 24.7. The second kappa shape index (κ2) is 16.6. The summed E-state index contributed by atoms with van der Waals surface area (Å²) in [6.45, 7) is 7.19. The Morgan fingerprint density at radius 3 is 2.35 bits per heavy atom. The lowest BCUT2D eigenvalue weighted by molar-refractivity contribution is 0.0992. The van der Waals surface area contributed by atoms with Gasteiger partial charge in [0.2, 0.25) is 0 Å². The predicted molar refractivity (Wildman–Crippen MR) is 166 cm³/mol. The largest absolute Gasteiger partial charge is 0.395 e. The Morgan fingerprint density at radius 2 is 1.72 bits per heavy atom. The number of aliphatic hydroxyl groups is 2. The van der Waals surface area contributed by atoms with E-state index in [2.05, 4.69) is 31.9 Å². The van der Waals surface area contributed by atoms with Gasteiger partial charge in [0.1, 0.15) is 17.6 Å². The molecule has 2 aromatic carbocycles. The number of hydrogen-bond acceptors (Lipinski definition) is 12. The Labute approximate surface area is 253 Å². The molecule has 0 saturated heterocycles.